The van der Waals surface area contributed by atoms with Crippen LogP contribution in [0.5, 0.6) is 5.75 Å². The van der Waals surface area contributed by atoms with Gasteiger partial charge in [-0.15, -0.1) is 0 Å². The van der Waals surface area contributed by atoms with Gasteiger partial charge in [0.15, 0.2) is 0 Å². The fourth-order valence-corrected chi connectivity index (χ4v) is 1.98. The number of benzene rings is 1. The standard InChI is InChI=1S/C11H16N2O/c1-14-10-4-2-3-8-7-9(5-6-12)13-11(8)10/h2-4,9,13H,5-7,12H2,1H3. The summed E-state index contributed by atoms with van der Waals surface area (Å²) in [6, 6.07) is 6.63. The quantitative estimate of drug-likeness (QED) is 0.760. The SMILES string of the molecule is COc1cccc2c1NC(CCN)C2. The number of anilines is 1. The summed E-state index contributed by atoms with van der Waals surface area (Å²) < 4.78 is 5.29. The van der Waals surface area contributed by atoms with Gasteiger partial charge in [-0.3, -0.25) is 0 Å². The lowest BCUT2D eigenvalue weighted by Crippen LogP contribution is -2.19. The molecule has 0 spiro atoms. The fourth-order valence-electron chi connectivity index (χ4n) is 1.98. The van der Waals surface area contributed by atoms with Crippen LogP contribution in [0.2, 0.25) is 0 Å². The Hall–Kier alpha value is -1.22. The Kier molecular flexibility index (Phi) is 2.59. The molecule has 1 heterocycles. The van der Waals surface area contributed by atoms with Crippen LogP contribution in [0.25, 0.3) is 0 Å². The highest BCUT2D eigenvalue weighted by Gasteiger charge is 2.22. The molecule has 0 amide bonds. The summed E-state index contributed by atoms with van der Waals surface area (Å²) in [5.41, 5.74) is 8.03. The van der Waals surface area contributed by atoms with E-state index in [2.05, 4.69) is 11.4 Å². The van der Waals surface area contributed by atoms with Gasteiger partial charge in [0.05, 0.1) is 12.8 Å². The maximum Gasteiger partial charge on any atom is 0.142 e. The first kappa shape index (κ1) is 9.34. The van der Waals surface area contributed by atoms with Crippen molar-refractivity contribution in [3.05, 3.63) is 23.8 Å². The summed E-state index contributed by atoms with van der Waals surface area (Å²) in [4.78, 5) is 0. The second-order valence-electron chi connectivity index (χ2n) is 3.62. The number of hydrogen-bond acceptors (Lipinski definition) is 3. The zero-order chi connectivity index (χ0) is 9.97. The highest BCUT2D eigenvalue weighted by molar-refractivity contribution is 5.66. The van der Waals surface area contributed by atoms with Gasteiger partial charge in [-0.2, -0.15) is 0 Å². The Labute approximate surface area is 84.3 Å². The minimum Gasteiger partial charge on any atom is -0.495 e. The molecule has 2 rings (SSSR count). The number of nitrogens with one attached hydrogen (secondary N) is 1. The molecule has 76 valence electrons. The normalized spacial score (nSPS) is 18.9. The molecule has 1 atom stereocenters. The second-order valence-corrected chi connectivity index (χ2v) is 3.62. The highest BCUT2D eigenvalue weighted by Crippen LogP contribution is 2.35. The van der Waals surface area contributed by atoms with E-state index in [0.29, 0.717) is 6.04 Å². The first-order valence-corrected chi connectivity index (χ1v) is 4.97. The molecule has 0 aromatic heterocycles. The highest BCUT2D eigenvalue weighted by atomic mass is 16.5. The van der Waals surface area contributed by atoms with Gasteiger partial charge >= 0.3 is 0 Å². The van der Waals surface area contributed by atoms with E-state index >= 15 is 0 Å². The fraction of sp³-hybridized carbons (Fsp3) is 0.455. The Morgan fingerprint density at radius 1 is 1.57 bits per heavy atom. The van der Waals surface area contributed by atoms with Gasteiger partial charge in [0, 0.05) is 6.04 Å². The van der Waals surface area contributed by atoms with Gasteiger partial charge in [-0.1, -0.05) is 12.1 Å². The molecular weight excluding hydrogens is 176 g/mol. The molecule has 1 aromatic carbocycles. The molecule has 1 aromatic rings. The molecule has 0 aliphatic carbocycles. The smallest absolute Gasteiger partial charge is 0.142 e. The third kappa shape index (κ3) is 1.55. The molecule has 1 aliphatic heterocycles. The molecule has 0 saturated heterocycles. The minimum atomic E-state index is 0.478. The van der Waals surface area contributed by atoms with Crippen molar-refractivity contribution in [2.45, 2.75) is 18.9 Å². The van der Waals surface area contributed by atoms with Crippen LogP contribution in [0.1, 0.15) is 12.0 Å². The van der Waals surface area contributed by atoms with Crippen molar-refractivity contribution in [2.24, 2.45) is 5.73 Å². The number of rotatable bonds is 3. The summed E-state index contributed by atoms with van der Waals surface area (Å²) in [6.07, 6.45) is 2.07. The van der Waals surface area contributed by atoms with Gasteiger partial charge < -0.3 is 15.8 Å². The number of fused-ring (bicyclic) bond motifs is 1. The Bertz CT molecular complexity index is 325. The van der Waals surface area contributed by atoms with Crippen molar-refractivity contribution in [3.8, 4) is 5.75 Å². The molecule has 0 radical (unpaired) electrons. The van der Waals surface area contributed by atoms with Crippen LogP contribution < -0.4 is 15.8 Å². The van der Waals surface area contributed by atoms with Crippen molar-refractivity contribution in [1.82, 2.24) is 0 Å². The first-order chi connectivity index (χ1) is 6.85. The Balaban J connectivity index is 2.21. The molecule has 3 N–H and O–H groups in total. The number of methoxy groups -OCH3 is 1. The summed E-state index contributed by atoms with van der Waals surface area (Å²) in [6.45, 7) is 0.730. The van der Waals surface area contributed by atoms with Gasteiger partial charge in [0.1, 0.15) is 5.75 Å². The first-order valence-electron chi connectivity index (χ1n) is 4.97. The maximum absolute atomic E-state index is 5.54. The van der Waals surface area contributed by atoms with E-state index in [9.17, 15) is 0 Å². The molecule has 0 bridgehead atoms. The minimum absolute atomic E-state index is 0.478. The lowest BCUT2D eigenvalue weighted by molar-refractivity contribution is 0.416. The predicted molar refractivity (Wildman–Crippen MR) is 57.8 cm³/mol. The van der Waals surface area contributed by atoms with Crippen molar-refractivity contribution < 1.29 is 4.74 Å². The zero-order valence-corrected chi connectivity index (χ0v) is 8.42. The monoisotopic (exact) mass is 192 g/mol. The molecule has 14 heavy (non-hydrogen) atoms. The van der Waals surface area contributed by atoms with Crippen molar-refractivity contribution in [3.63, 3.8) is 0 Å². The van der Waals surface area contributed by atoms with Gasteiger partial charge in [0.2, 0.25) is 0 Å². The van der Waals surface area contributed by atoms with Crippen molar-refractivity contribution >= 4 is 5.69 Å². The lowest BCUT2D eigenvalue weighted by atomic mass is 10.1. The van der Waals surface area contributed by atoms with Gasteiger partial charge in [0.25, 0.3) is 0 Å². The number of hydrogen-bond donors (Lipinski definition) is 2. The van der Waals surface area contributed by atoms with Crippen molar-refractivity contribution in [2.75, 3.05) is 19.0 Å². The third-order valence-corrected chi connectivity index (χ3v) is 2.66. The van der Waals surface area contributed by atoms with Crippen LogP contribution in [0.4, 0.5) is 5.69 Å². The number of ether oxygens (including phenoxy) is 1. The van der Waals surface area contributed by atoms with E-state index in [0.717, 1.165) is 30.8 Å². The molecule has 1 unspecified atom stereocenters. The van der Waals surface area contributed by atoms with Crippen LogP contribution in [-0.4, -0.2) is 19.7 Å². The largest absolute Gasteiger partial charge is 0.495 e. The van der Waals surface area contributed by atoms with E-state index in [1.807, 2.05) is 12.1 Å². The van der Waals surface area contributed by atoms with Crippen LogP contribution in [0.15, 0.2) is 18.2 Å². The lowest BCUT2D eigenvalue weighted by Gasteiger charge is -2.10. The van der Waals surface area contributed by atoms with Crippen molar-refractivity contribution in [1.29, 1.82) is 0 Å². The summed E-state index contributed by atoms with van der Waals surface area (Å²) in [7, 11) is 1.70. The zero-order valence-electron chi connectivity index (χ0n) is 8.42. The molecule has 0 saturated carbocycles. The third-order valence-electron chi connectivity index (χ3n) is 2.66. The van der Waals surface area contributed by atoms with Crippen LogP contribution in [0.3, 0.4) is 0 Å². The molecule has 3 heteroatoms. The number of nitrogens with two attached hydrogens (primary N) is 1. The summed E-state index contributed by atoms with van der Waals surface area (Å²) in [5.74, 6) is 0.932. The van der Waals surface area contributed by atoms with E-state index in [4.69, 9.17) is 10.5 Å². The second kappa shape index (κ2) is 3.88. The number of para-hydroxylation sites is 1. The van der Waals surface area contributed by atoms with Crippen LogP contribution >= 0.6 is 0 Å². The molecular formula is C11H16N2O. The maximum atomic E-state index is 5.54. The molecule has 1 aliphatic rings. The average molecular weight is 192 g/mol. The Morgan fingerprint density at radius 2 is 2.43 bits per heavy atom. The van der Waals surface area contributed by atoms with E-state index in [1.165, 1.54) is 5.56 Å². The molecule has 3 nitrogen and oxygen atoms in total. The van der Waals surface area contributed by atoms with Gasteiger partial charge in [-0.25, -0.2) is 0 Å². The van der Waals surface area contributed by atoms with Crippen LogP contribution in [-0.2, 0) is 6.42 Å². The van der Waals surface area contributed by atoms with Crippen LogP contribution in [0, 0.1) is 0 Å². The Morgan fingerprint density at radius 3 is 3.14 bits per heavy atom. The van der Waals surface area contributed by atoms with E-state index < -0.39 is 0 Å². The summed E-state index contributed by atoms with van der Waals surface area (Å²) in [5, 5.41) is 3.45. The van der Waals surface area contributed by atoms with E-state index in [1.54, 1.807) is 7.11 Å². The van der Waals surface area contributed by atoms with Gasteiger partial charge in [-0.05, 0) is 31.0 Å². The molecule has 0 fully saturated rings. The predicted octanol–water partition coefficient (Wildman–Crippen LogP) is 1.38. The average Bonchev–Trinajstić information content (AvgIpc) is 2.60. The summed E-state index contributed by atoms with van der Waals surface area (Å²) >= 11 is 0. The van der Waals surface area contributed by atoms with E-state index in [-0.39, 0.29) is 0 Å². The topological polar surface area (TPSA) is 47.3 Å².